The molecule has 174 valence electrons. The van der Waals surface area contributed by atoms with Gasteiger partial charge in [-0.25, -0.2) is 18.2 Å². The number of sulfonamides is 1. The monoisotopic (exact) mass is 491 g/mol. The predicted molar refractivity (Wildman–Crippen MR) is 121 cm³/mol. The van der Waals surface area contributed by atoms with Gasteiger partial charge in [-0.05, 0) is 44.2 Å². The summed E-state index contributed by atoms with van der Waals surface area (Å²) in [6.07, 6.45) is 0.988. The fourth-order valence-electron chi connectivity index (χ4n) is 3.68. The van der Waals surface area contributed by atoms with Crippen LogP contribution < -0.4 is 5.56 Å². The molecule has 2 unspecified atom stereocenters. The van der Waals surface area contributed by atoms with E-state index in [4.69, 9.17) is 21.1 Å². The number of nitrogens with zero attached hydrogens (tertiary/aromatic N) is 3. The van der Waals surface area contributed by atoms with E-state index in [-0.39, 0.29) is 53.6 Å². The summed E-state index contributed by atoms with van der Waals surface area (Å²) < 4.78 is 39.7. The van der Waals surface area contributed by atoms with Crippen molar-refractivity contribution in [2.24, 2.45) is 0 Å². The Balaban J connectivity index is 1.51. The minimum Gasteiger partial charge on any atom is -0.456 e. The number of esters is 1. The van der Waals surface area contributed by atoms with Gasteiger partial charge in [0.05, 0.1) is 33.4 Å². The molecule has 1 aliphatic rings. The van der Waals surface area contributed by atoms with E-state index in [1.807, 2.05) is 13.8 Å². The second kappa shape index (κ2) is 9.22. The van der Waals surface area contributed by atoms with Gasteiger partial charge in [0.2, 0.25) is 10.0 Å². The second-order valence-electron chi connectivity index (χ2n) is 7.84. The fourth-order valence-corrected chi connectivity index (χ4v) is 5.48. The van der Waals surface area contributed by atoms with Crippen molar-refractivity contribution in [2.45, 2.75) is 37.6 Å². The molecule has 3 heterocycles. The van der Waals surface area contributed by atoms with Crippen LogP contribution in [-0.4, -0.2) is 53.4 Å². The highest BCUT2D eigenvalue weighted by Crippen LogP contribution is 2.22. The maximum atomic E-state index is 13.1. The maximum absolute atomic E-state index is 13.1. The first kappa shape index (κ1) is 23.4. The van der Waals surface area contributed by atoms with E-state index in [9.17, 15) is 18.0 Å². The summed E-state index contributed by atoms with van der Waals surface area (Å²) in [4.78, 5) is 29.1. The number of benzene rings is 1. The molecule has 0 spiro atoms. The number of carbonyl (C=O) groups is 1. The van der Waals surface area contributed by atoms with Gasteiger partial charge in [0, 0.05) is 25.4 Å². The molecule has 1 aliphatic heterocycles. The number of hydrogen-bond donors (Lipinski definition) is 0. The summed E-state index contributed by atoms with van der Waals surface area (Å²) >= 11 is 5.90. The average molecular weight is 492 g/mol. The van der Waals surface area contributed by atoms with Crippen LogP contribution in [-0.2, 0) is 26.1 Å². The Hall–Kier alpha value is -2.79. The zero-order chi connectivity index (χ0) is 23.8. The largest absolute Gasteiger partial charge is 0.456 e. The summed E-state index contributed by atoms with van der Waals surface area (Å²) in [5.41, 5.74) is 0.334. The van der Waals surface area contributed by atoms with Crippen molar-refractivity contribution in [3.05, 3.63) is 75.3 Å². The number of fused-ring (bicyclic) bond motifs is 1. The number of halogens is 1. The standard InChI is InChI=1S/C22H22ClN3O6S/c1-14-10-25(11-15(2)32-14)33(29,30)19-5-3-4-16(8-19)22(28)31-13-18-9-21(27)26-12-17(23)6-7-20(26)24-18/h3-9,12,14-15H,10-11,13H2,1-2H3. The molecule has 2 atom stereocenters. The van der Waals surface area contributed by atoms with Crippen LogP contribution in [0.2, 0.25) is 5.02 Å². The smallest absolute Gasteiger partial charge is 0.338 e. The van der Waals surface area contributed by atoms with Crippen LogP contribution in [0.15, 0.2) is 58.4 Å². The highest BCUT2D eigenvalue weighted by molar-refractivity contribution is 7.89. The Labute approximate surface area is 195 Å². The van der Waals surface area contributed by atoms with Crippen molar-refractivity contribution in [2.75, 3.05) is 13.1 Å². The minimum atomic E-state index is -3.81. The van der Waals surface area contributed by atoms with Gasteiger partial charge in [-0.3, -0.25) is 9.20 Å². The van der Waals surface area contributed by atoms with E-state index in [1.165, 1.54) is 45.2 Å². The number of ether oxygens (including phenoxy) is 2. The highest BCUT2D eigenvalue weighted by atomic mass is 35.5. The molecule has 1 fully saturated rings. The van der Waals surface area contributed by atoms with Crippen LogP contribution in [0.3, 0.4) is 0 Å². The minimum absolute atomic E-state index is 0.00259. The van der Waals surface area contributed by atoms with Gasteiger partial charge in [-0.2, -0.15) is 4.31 Å². The summed E-state index contributed by atoms with van der Waals surface area (Å²) in [7, 11) is -3.81. The molecule has 2 aromatic heterocycles. The molecule has 4 rings (SSSR count). The Morgan fingerprint density at radius 1 is 1.18 bits per heavy atom. The first-order chi connectivity index (χ1) is 15.6. The molecule has 0 N–H and O–H groups in total. The van der Waals surface area contributed by atoms with Crippen LogP contribution >= 0.6 is 11.6 Å². The van der Waals surface area contributed by atoms with E-state index in [1.54, 1.807) is 12.1 Å². The first-order valence-corrected chi connectivity index (χ1v) is 12.1. The normalized spacial score (nSPS) is 19.5. The van der Waals surface area contributed by atoms with Gasteiger partial charge in [-0.1, -0.05) is 17.7 Å². The SMILES string of the molecule is CC1CN(S(=O)(=O)c2cccc(C(=O)OCc3cc(=O)n4cc(Cl)ccc4n3)c2)CC(C)O1. The molecule has 1 saturated heterocycles. The quantitative estimate of drug-likeness (QED) is 0.504. The van der Waals surface area contributed by atoms with Crippen LogP contribution in [0, 0.1) is 0 Å². The molecule has 0 radical (unpaired) electrons. The second-order valence-corrected chi connectivity index (χ2v) is 10.2. The summed E-state index contributed by atoms with van der Waals surface area (Å²) in [6.45, 7) is 3.84. The number of aromatic nitrogens is 2. The van der Waals surface area contributed by atoms with Crippen LogP contribution in [0.4, 0.5) is 0 Å². The lowest BCUT2D eigenvalue weighted by Gasteiger charge is -2.34. The highest BCUT2D eigenvalue weighted by Gasteiger charge is 2.32. The number of rotatable bonds is 5. The Morgan fingerprint density at radius 2 is 1.91 bits per heavy atom. The van der Waals surface area contributed by atoms with E-state index in [0.29, 0.717) is 10.7 Å². The molecule has 0 amide bonds. The Morgan fingerprint density at radius 3 is 2.64 bits per heavy atom. The van der Waals surface area contributed by atoms with Gasteiger partial charge in [0.15, 0.2) is 0 Å². The number of pyridine rings is 1. The van der Waals surface area contributed by atoms with Gasteiger partial charge in [-0.15, -0.1) is 0 Å². The summed E-state index contributed by atoms with van der Waals surface area (Å²) in [5.74, 6) is -0.728. The van der Waals surface area contributed by atoms with Crippen molar-refractivity contribution in [3.8, 4) is 0 Å². The lowest BCUT2D eigenvalue weighted by Crippen LogP contribution is -2.48. The molecule has 11 heteroatoms. The van der Waals surface area contributed by atoms with Crippen LogP contribution in [0.25, 0.3) is 5.65 Å². The van der Waals surface area contributed by atoms with Crippen molar-refractivity contribution >= 4 is 33.2 Å². The zero-order valence-corrected chi connectivity index (χ0v) is 19.5. The molecule has 3 aromatic rings. The third-order valence-electron chi connectivity index (χ3n) is 5.12. The van der Waals surface area contributed by atoms with Crippen LogP contribution in [0.5, 0.6) is 0 Å². The van der Waals surface area contributed by atoms with E-state index < -0.39 is 16.0 Å². The van der Waals surface area contributed by atoms with Crippen LogP contribution in [0.1, 0.15) is 29.9 Å². The van der Waals surface area contributed by atoms with Gasteiger partial charge in [0.1, 0.15) is 12.3 Å². The van der Waals surface area contributed by atoms with Gasteiger partial charge < -0.3 is 9.47 Å². The third kappa shape index (κ3) is 5.09. The molecule has 33 heavy (non-hydrogen) atoms. The third-order valence-corrected chi connectivity index (χ3v) is 7.17. The number of morpholine rings is 1. The maximum Gasteiger partial charge on any atom is 0.338 e. The average Bonchev–Trinajstić information content (AvgIpc) is 2.77. The fraction of sp³-hybridized carbons (Fsp3) is 0.318. The Kier molecular flexibility index (Phi) is 6.53. The van der Waals surface area contributed by atoms with Gasteiger partial charge >= 0.3 is 5.97 Å². The predicted octanol–water partition coefficient (Wildman–Crippen LogP) is 2.50. The molecular weight excluding hydrogens is 470 g/mol. The molecule has 9 nitrogen and oxygen atoms in total. The van der Waals surface area contributed by atoms with Gasteiger partial charge in [0.25, 0.3) is 5.56 Å². The summed E-state index contributed by atoms with van der Waals surface area (Å²) in [6, 6.07) is 10.1. The molecule has 0 bridgehead atoms. The van der Waals surface area contributed by atoms with E-state index in [0.717, 1.165) is 0 Å². The van der Waals surface area contributed by atoms with Crippen molar-refractivity contribution in [3.63, 3.8) is 0 Å². The lowest BCUT2D eigenvalue weighted by atomic mass is 10.2. The lowest BCUT2D eigenvalue weighted by molar-refractivity contribution is -0.0440. The van der Waals surface area contributed by atoms with Crippen molar-refractivity contribution < 1.29 is 22.7 Å². The summed E-state index contributed by atoms with van der Waals surface area (Å²) in [5, 5.41) is 0.390. The number of hydrogen-bond acceptors (Lipinski definition) is 7. The molecular formula is C22H22ClN3O6S. The number of carbonyl (C=O) groups excluding carboxylic acids is 1. The topological polar surface area (TPSA) is 107 Å². The molecule has 0 saturated carbocycles. The molecule has 0 aliphatic carbocycles. The van der Waals surface area contributed by atoms with E-state index >= 15 is 0 Å². The Bertz CT molecular complexity index is 1360. The zero-order valence-electron chi connectivity index (χ0n) is 18.0. The van der Waals surface area contributed by atoms with Crippen molar-refractivity contribution in [1.82, 2.24) is 13.7 Å². The first-order valence-electron chi connectivity index (χ1n) is 10.2. The van der Waals surface area contributed by atoms with E-state index in [2.05, 4.69) is 4.98 Å². The van der Waals surface area contributed by atoms with Crippen molar-refractivity contribution in [1.29, 1.82) is 0 Å². The molecule has 1 aromatic carbocycles.